The number of rotatable bonds is 4. The molecule has 0 unspecified atom stereocenters. The SMILES string of the molecule is COC(=O)Cc1nc(CBr)c(F)cc1C(F)F. The van der Waals surface area contributed by atoms with Crippen LogP contribution in [0.5, 0.6) is 0 Å². The number of carbonyl (C=O) groups is 1. The maximum atomic E-state index is 13.3. The Labute approximate surface area is 104 Å². The van der Waals surface area contributed by atoms with Gasteiger partial charge in [-0.1, -0.05) is 15.9 Å². The second-order valence-corrected chi connectivity index (χ2v) is 3.70. The van der Waals surface area contributed by atoms with Crippen LogP contribution in [0.1, 0.15) is 23.4 Å². The van der Waals surface area contributed by atoms with Gasteiger partial charge in [-0.3, -0.25) is 9.78 Å². The van der Waals surface area contributed by atoms with Crippen molar-refractivity contribution >= 4 is 21.9 Å². The number of hydrogen-bond acceptors (Lipinski definition) is 3. The van der Waals surface area contributed by atoms with Gasteiger partial charge >= 0.3 is 5.97 Å². The zero-order valence-electron chi connectivity index (χ0n) is 8.84. The van der Waals surface area contributed by atoms with Crippen LogP contribution in [0.4, 0.5) is 13.2 Å². The summed E-state index contributed by atoms with van der Waals surface area (Å²) in [7, 11) is 1.14. The zero-order valence-corrected chi connectivity index (χ0v) is 10.4. The molecule has 1 aromatic rings. The number of pyridine rings is 1. The van der Waals surface area contributed by atoms with Gasteiger partial charge in [0.05, 0.1) is 24.9 Å². The van der Waals surface area contributed by atoms with E-state index in [0.717, 1.165) is 7.11 Å². The van der Waals surface area contributed by atoms with Crippen LogP contribution in [0.2, 0.25) is 0 Å². The Kier molecular flexibility index (Phi) is 4.92. The number of carbonyl (C=O) groups excluding carboxylic acids is 1. The van der Waals surface area contributed by atoms with Gasteiger partial charge in [-0.05, 0) is 6.07 Å². The van der Waals surface area contributed by atoms with Crippen molar-refractivity contribution in [2.75, 3.05) is 7.11 Å². The minimum absolute atomic E-state index is 0.0201. The fourth-order valence-electron chi connectivity index (χ4n) is 1.22. The standard InChI is InChI=1S/C10H9BrF3NO2/c1-17-9(16)3-7-5(10(13)14)2-6(12)8(4-11)15-7/h2,10H,3-4H2,1H3. The maximum absolute atomic E-state index is 13.3. The summed E-state index contributed by atoms with van der Waals surface area (Å²) in [6.45, 7) is 0. The number of hydrogen-bond donors (Lipinski definition) is 0. The molecule has 0 aliphatic carbocycles. The number of halogens is 4. The van der Waals surface area contributed by atoms with Gasteiger partial charge in [-0.25, -0.2) is 13.2 Å². The van der Waals surface area contributed by atoms with E-state index in [-0.39, 0.29) is 16.7 Å². The molecule has 1 rings (SSSR count). The topological polar surface area (TPSA) is 39.2 Å². The van der Waals surface area contributed by atoms with E-state index in [1.165, 1.54) is 0 Å². The van der Waals surface area contributed by atoms with Crippen molar-refractivity contribution in [3.05, 3.63) is 28.8 Å². The summed E-state index contributed by atoms with van der Waals surface area (Å²) in [5, 5.41) is 0.0799. The first-order chi connectivity index (χ1) is 7.99. The summed E-state index contributed by atoms with van der Waals surface area (Å²) in [6, 6.07) is 0.701. The molecule has 3 nitrogen and oxygen atoms in total. The molecule has 0 bridgehead atoms. The first-order valence-corrected chi connectivity index (χ1v) is 5.70. The van der Waals surface area contributed by atoms with Crippen LogP contribution >= 0.6 is 15.9 Å². The second-order valence-electron chi connectivity index (χ2n) is 3.14. The van der Waals surface area contributed by atoms with Crippen molar-refractivity contribution in [2.45, 2.75) is 18.2 Å². The molecule has 0 N–H and O–H groups in total. The third-order valence-electron chi connectivity index (χ3n) is 2.06. The van der Waals surface area contributed by atoms with Crippen LogP contribution in [0.15, 0.2) is 6.07 Å². The Bertz CT molecular complexity index is 426. The number of esters is 1. The Morgan fingerprint density at radius 1 is 1.53 bits per heavy atom. The van der Waals surface area contributed by atoms with Crippen molar-refractivity contribution in [3.63, 3.8) is 0 Å². The minimum Gasteiger partial charge on any atom is -0.469 e. The summed E-state index contributed by atoms with van der Waals surface area (Å²) in [5.41, 5.74) is -0.770. The molecule has 1 heterocycles. The molecule has 0 aliphatic rings. The van der Waals surface area contributed by atoms with E-state index < -0.39 is 30.2 Å². The van der Waals surface area contributed by atoms with E-state index in [9.17, 15) is 18.0 Å². The normalized spacial score (nSPS) is 10.7. The van der Waals surface area contributed by atoms with Gasteiger partial charge in [0.25, 0.3) is 6.43 Å². The monoisotopic (exact) mass is 311 g/mol. The highest BCUT2D eigenvalue weighted by Crippen LogP contribution is 2.25. The van der Waals surface area contributed by atoms with Gasteiger partial charge in [0.1, 0.15) is 5.82 Å². The van der Waals surface area contributed by atoms with E-state index in [2.05, 4.69) is 25.7 Å². The lowest BCUT2D eigenvalue weighted by Crippen LogP contribution is -2.11. The highest BCUT2D eigenvalue weighted by molar-refractivity contribution is 9.08. The average Bonchev–Trinajstić information content (AvgIpc) is 2.30. The first-order valence-electron chi connectivity index (χ1n) is 4.58. The van der Waals surface area contributed by atoms with Gasteiger partial charge < -0.3 is 4.74 Å². The minimum atomic E-state index is -2.89. The molecule has 17 heavy (non-hydrogen) atoms. The van der Waals surface area contributed by atoms with Gasteiger partial charge in [0.2, 0.25) is 0 Å². The van der Waals surface area contributed by atoms with Gasteiger partial charge in [0, 0.05) is 10.9 Å². The van der Waals surface area contributed by atoms with E-state index in [4.69, 9.17) is 0 Å². The van der Waals surface area contributed by atoms with Crippen LogP contribution in [-0.2, 0) is 21.3 Å². The quantitative estimate of drug-likeness (QED) is 0.634. The van der Waals surface area contributed by atoms with Crippen LogP contribution in [-0.4, -0.2) is 18.1 Å². The fraction of sp³-hybridized carbons (Fsp3) is 0.400. The van der Waals surface area contributed by atoms with E-state index >= 15 is 0 Å². The third kappa shape index (κ3) is 3.42. The van der Waals surface area contributed by atoms with Crippen molar-refractivity contribution in [2.24, 2.45) is 0 Å². The van der Waals surface area contributed by atoms with Crippen LogP contribution in [0.25, 0.3) is 0 Å². The molecule has 0 atom stereocenters. The maximum Gasteiger partial charge on any atom is 0.311 e. The Hall–Kier alpha value is -1.11. The predicted octanol–water partition coefficient (Wildman–Crippen LogP) is 2.77. The summed E-state index contributed by atoms with van der Waals surface area (Å²) < 4.78 is 42.9. The summed E-state index contributed by atoms with van der Waals surface area (Å²) in [5.74, 6) is -1.53. The Morgan fingerprint density at radius 3 is 2.65 bits per heavy atom. The molecule has 94 valence electrons. The molecular weight excluding hydrogens is 303 g/mol. The molecule has 7 heteroatoms. The zero-order chi connectivity index (χ0) is 13.0. The van der Waals surface area contributed by atoms with Crippen molar-refractivity contribution in [1.29, 1.82) is 0 Å². The number of methoxy groups -OCH3 is 1. The average molecular weight is 312 g/mol. The molecule has 0 saturated carbocycles. The molecule has 0 fully saturated rings. The largest absolute Gasteiger partial charge is 0.469 e. The lowest BCUT2D eigenvalue weighted by atomic mass is 10.1. The van der Waals surface area contributed by atoms with E-state index in [1.807, 2.05) is 0 Å². The molecule has 0 aromatic carbocycles. The predicted molar refractivity (Wildman–Crippen MR) is 57.5 cm³/mol. The van der Waals surface area contributed by atoms with Crippen molar-refractivity contribution in [1.82, 2.24) is 4.98 Å². The summed E-state index contributed by atoms with van der Waals surface area (Å²) in [4.78, 5) is 14.7. The van der Waals surface area contributed by atoms with Gasteiger partial charge in [0.15, 0.2) is 0 Å². The Balaban J connectivity index is 3.19. The molecule has 0 saturated heterocycles. The first kappa shape index (κ1) is 14.0. The van der Waals surface area contributed by atoms with Gasteiger partial charge in [-0.15, -0.1) is 0 Å². The fourth-order valence-corrected chi connectivity index (χ4v) is 1.61. The van der Waals surface area contributed by atoms with Crippen molar-refractivity contribution < 1.29 is 22.7 Å². The number of ether oxygens (including phenoxy) is 1. The molecule has 0 spiro atoms. The summed E-state index contributed by atoms with van der Waals surface area (Å²) >= 11 is 2.98. The lowest BCUT2D eigenvalue weighted by molar-refractivity contribution is -0.139. The highest BCUT2D eigenvalue weighted by atomic mass is 79.9. The molecular formula is C10H9BrF3NO2. The van der Waals surface area contributed by atoms with Crippen LogP contribution < -0.4 is 0 Å². The highest BCUT2D eigenvalue weighted by Gasteiger charge is 2.20. The van der Waals surface area contributed by atoms with Crippen LogP contribution in [0, 0.1) is 5.82 Å². The molecule has 0 aliphatic heterocycles. The second kappa shape index (κ2) is 6.00. The van der Waals surface area contributed by atoms with E-state index in [1.54, 1.807) is 0 Å². The number of alkyl halides is 3. The third-order valence-corrected chi connectivity index (χ3v) is 2.59. The lowest BCUT2D eigenvalue weighted by Gasteiger charge is -2.09. The smallest absolute Gasteiger partial charge is 0.311 e. The van der Waals surface area contributed by atoms with E-state index in [0.29, 0.717) is 6.07 Å². The molecule has 1 aromatic heterocycles. The molecule has 0 amide bonds. The molecule has 0 radical (unpaired) electrons. The number of nitrogens with zero attached hydrogens (tertiary/aromatic N) is 1. The Morgan fingerprint density at radius 2 is 2.18 bits per heavy atom. The summed E-state index contributed by atoms with van der Waals surface area (Å²) in [6.07, 6.45) is -3.29. The van der Waals surface area contributed by atoms with Gasteiger partial charge in [-0.2, -0.15) is 0 Å². The van der Waals surface area contributed by atoms with Crippen molar-refractivity contribution in [3.8, 4) is 0 Å². The van der Waals surface area contributed by atoms with Crippen LogP contribution in [0.3, 0.4) is 0 Å². The number of aromatic nitrogens is 1.